The third-order valence-corrected chi connectivity index (χ3v) is 20.7. The number of esters is 3. The maximum absolute atomic E-state index is 13.1. The predicted octanol–water partition coefficient (Wildman–Crippen LogP) is 28.2. The van der Waals surface area contributed by atoms with E-state index in [1.807, 2.05) is 0 Å². The fourth-order valence-corrected chi connectivity index (χ4v) is 13.6. The Morgan fingerprint density at radius 3 is 0.675 bits per heavy atom. The highest BCUT2D eigenvalue weighted by molar-refractivity contribution is 7.47. The minimum absolute atomic E-state index is 0.0881. The van der Waals surface area contributed by atoms with E-state index in [1.165, 1.54) is 83.5 Å². The number of hydrogen-bond acceptors (Lipinski definition) is 14. The maximum Gasteiger partial charge on any atom is 0.472 e. The van der Waals surface area contributed by atoms with E-state index in [-0.39, 0.29) is 19.3 Å². The molecular formula is C99H164O16P2. The second-order valence-corrected chi connectivity index (χ2v) is 32.9. The number of allylic oxidation sites excluding steroid dienone is 32. The zero-order chi connectivity index (χ0) is 85.1. The van der Waals surface area contributed by atoms with E-state index < -0.39 is 91.5 Å². The van der Waals surface area contributed by atoms with Crippen molar-refractivity contribution >= 4 is 33.6 Å². The molecular weight excluding hydrogens is 1510 g/mol. The SMILES string of the molecule is CC/C=C\C/C=C\C/C=C\C/C=C\C/C=C\C/C=C\CCCCCCCCCCC(=O)OCC(COP(=O)(O)OCC(O)COP(=O)(O)OCC(O)COC(=O)CCCCCCCCCCCCCCC/C=C\C/C=C\C/C=C\C/C=C\C/C=C\CC)OC(=O)CCCCCCCCCCC/C=C\C/C=C\C/C=C\C/C=C\C/C=C\CC. The van der Waals surface area contributed by atoms with Gasteiger partial charge in [0, 0.05) is 19.3 Å². The zero-order valence-corrected chi connectivity index (χ0v) is 75.1. The van der Waals surface area contributed by atoms with Crippen molar-refractivity contribution in [1.29, 1.82) is 0 Å². The molecule has 117 heavy (non-hydrogen) atoms. The molecule has 16 nitrogen and oxygen atoms in total. The number of carbonyl (C=O) groups excluding carboxylic acids is 3. The van der Waals surface area contributed by atoms with E-state index in [0.29, 0.717) is 19.3 Å². The molecule has 0 aliphatic carbocycles. The summed E-state index contributed by atoms with van der Waals surface area (Å²) in [4.78, 5) is 59.0. The molecule has 0 rings (SSSR count). The lowest BCUT2D eigenvalue weighted by Crippen LogP contribution is -2.30. The number of aliphatic hydroxyl groups excluding tert-OH is 2. The van der Waals surface area contributed by atoms with Crippen molar-refractivity contribution in [2.75, 3.05) is 39.6 Å². The molecule has 0 spiro atoms. The Bertz CT molecular complexity index is 2910. The van der Waals surface area contributed by atoms with Gasteiger partial charge in [-0.25, -0.2) is 9.13 Å². The van der Waals surface area contributed by atoms with Crippen molar-refractivity contribution in [3.8, 4) is 0 Å². The summed E-state index contributed by atoms with van der Waals surface area (Å²) in [5.41, 5.74) is 0. The highest BCUT2D eigenvalue weighted by Gasteiger charge is 2.29. The summed E-state index contributed by atoms with van der Waals surface area (Å²) in [6.45, 7) is 2.35. The van der Waals surface area contributed by atoms with E-state index in [0.717, 1.165) is 212 Å². The molecule has 4 N–H and O–H groups in total. The molecule has 0 radical (unpaired) electrons. The van der Waals surface area contributed by atoms with Gasteiger partial charge in [-0.05, 0) is 161 Å². The number of carbonyl (C=O) groups is 3. The van der Waals surface area contributed by atoms with Crippen molar-refractivity contribution in [3.05, 3.63) is 194 Å². The minimum atomic E-state index is -4.95. The summed E-state index contributed by atoms with van der Waals surface area (Å²) in [6.07, 6.45) is 119. The van der Waals surface area contributed by atoms with E-state index in [2.05, 4.69) is 215 Å². The van der Waals surface area contributed by atoms with Gasteiger partial charge in [0.05, 0.1) is 26.4 Å². The fraction of sp³-hybridized carbons (Fsp3) is 0.646. The van der Waals surface area contributed by atoms with Crippen LogP contribution in [0, 0.1) is 0 Å². The van der Waals surface area contributed by atoms with Crippen molar-refractivity contribution in [3.63, 3.8) is 0 Å². The maximum atomic E-state index is 13.1. The van der Waals surface area contributed by atoms with Crippen LogP contribution in [0.1, 0.15) is 355 Å². The Kier molecular flexibility index (Phi) is 85.3. The Labute approximate surface area is 712 Å². The van der Waals surface area contributed by atoms with Crippen LogP contribution in [0.4, 0.5) is 0 Å². The first-order valence-corrected chi connectivity index (χ1v) is 48.7. The molecule has 5 atom stereocenters. The molecule has 0 fully saturated rings. The van der Waals surface area contributed by atoms with Crippen LogP contribution in [-0.4, -0.2) is 95.9 Å². The quantitative estimate of drug-likeness (QED) is 0.0146. The summed E-state index contributed by atoms with van der Waals surface area (Å²) in [7, 11) is -9.82. The topological polar surface area (TPSA) is 231 Å². The normalized spacial score (nSPS) is 14.7. The molecule has 0 aliphatic heterocycles. The van der Waals surface area contributed by atoms with Gasteiger partial charge in [0.1, 0.15) is 25.4 Å². The molecule has 18 heteroatoms. The Balaban J connectivity index is 4.68. The highest BCUT2D eigenvalue weighted by atomic mass is 31.2. The summed E-state index contributed by atoms with van der Waals surface area (Å²) in [5.74, 6) is -1.59. The molecule has 0 aromatic heterocycles. The lowest BCUT2D eigenvalue weighted by atomic mass is 10.0. The van der Waals surface area contributed by atoms with Crippen LogP contribution in [-0.2, 0) is 55.8 Å². The standard InChI is InChI=1S/C99H164O16P2/c1-4-7-10-13-16-19-22-25-28-31-34-37-40-43-45-46-48-51-52-55-58-61-64-67-70-73-76-79-82-85-97(102)109-88-94(100)89-111-116(105,106)112-90-95(101)91-113-117(107,108)114-93-96(115-99(104)87-84-81-78-75-72-69-66-63-60-57-54-49-42-39-36-33-30-27-24-21-18-15-12-9-6-3)92-110-98(103)86-83-80-77-74-71-68-65-62-59-56-53-50-47-44-41-38-35-32-29-26-23-20-17-14-11-8-5-2/h7-12,16-21,25-30,34-39,43-45,47,49,53-54,56,94-96,100-101H,4-6,13-15,22-24,31-33,40-42,46,48,50-52,55,57-93H2,1-3H3,(H,105,106)(H,107,108)/b10-7-,11-8-,12-9-,19-16-,20-17-,21-18-,28-25-,29-26-,30-27-,37-34-,38-35-,39-36-,45-43-,47-44-,54-49-,56-53-. The number of phosphoric ester groups is 2. The van der Waals surface area contributed by atoms with Crippen LogP contribution in [0.25, 0.3) is 0 Å². The van der Waals surface area contributed by atoms with Gasteiger partial charge in [-0.15, -0.1) is 0 Å². The first-order chi connectivity index (χ1) is 57.2. The highest BCUT2D eigenvalue weighted by Crippen LogP contribution is 2.45. The van der Waals surface area contributed by atoms with Gasteiger partial charge < -0.3 is 34.2 Å². The van der Waals surface area contributed by atoms with Crippen LogP contribution in [0.2, 0.25) is 0 Å². The third-order valence-electron chi connectivity index (χ3n) is 18.8. The summed E-state index contributed by atoms with van der Waals surface area (Å²) in [5, 5.41) is 20.7. The average Bonchev–Trinajstić information content (AvgIpc) is 0.897. The molecule has 0 aromatic carbocycles. The van der Waals surface area contributed by atoms with Gasteiger partial charge in [0.2, 0.25) is 0 Å². The first kappa shape index (κ1) is 111. The molecule has 5 unspecified atom stereocenters. The predicted molar refractivity (Wildman–Crippen MR) is 491 cm³/mol. The summed E-state index contributed by atoms with van der Waals surface area (Å²) in [6, 6.07) is 0. The Hall–Kier alpha value is -5.61. The molecule has 0 saturated heterocycles. The Morgan fingerprint density at radius 2 is 0.427 bits per heavy atom. The number of hydrogen-bond donors (Lipinski definition) is 4. The molecule has 0 amide bonds. The average molecular weight is 1670 g/mol. The minimum Gasteiger partial charge on any atom is -0.463 e. The summed E-state index contributed by atoms with van der Waals surface area (Å²) >= 11 is 0. The number of phosphoric acid groups is 2. The third kappa shape index (κ3) is 91.0. The first-order valence-electron chi connectivity index (χ1n) is 45.7. The van der Waals surface area contributed by atoms with Gasteiger partial charge in [-0.1, -0.05) is 369 Å². The number of rotatable bonds is 85. The monoisotopic (exact) mass is 1670 g/mol. The molecule has 0 aliphatic rings. The number of unbranched alkanes of at least 4 members (excludes halogenated alkanes) is 30. The van der Waals surface area contributed by atoms with Crippen LogP contribution >= 0.6 is 15.6 Å². The fourth-order valence-electron chi connectivity index (χ4n) is 12.0. The lowest BCUT2D eigenvalue weighted by Gasteiger charge is -2.21. The largest absolute Gasteiger partial charge is 0.472 e. The van der Waals surface area contributed by atoms with Crippen LogP contribution < -0.4 is 0 Å². The number of aliphatic hydroxyl groups is 2. The molecule has 0 saturated carbocycles. The van der Waals surface area contributed by atoms with Gasteiger partial charge in [0.15, 0.2) is 6.10 Å². The second kappa shape index (κ2) is 89.6. The van der Waals surface area contributed by atoms with Crippen LogP contribution in [0.15, 0.2) is 194 Å². The van der Waals surface area contributed by atoms with Crippen molar-refractivity contribution < 1.29 is 75.8 Å². The van der Waals surface area contributed by atoms with Gasteiger partial charge in [-0.3, -0.25) is 32.5 Å². The van der Waals surface area contributed by atoms with Crippen LogP contribution in [0.5, 0.6) is 0 Å². The van der Waals surface area contributed by atoms with E-state index in [1.54, 1.807) is 0 Å². The van der Waals surface area contributed by atoms with Crippen molar-refractivity contribution in [1.82, 2.24) is 0 Å². The van der Waals surface area contributed by atoms with E-state index in [4.69, 9.17) is 32.3 Å². The van der Waals surface area contributed by atoms with Gasteiger partial charge in [0.25, 0.3) is 0 Å². The van der Waals surface area contributed by atoms with E-state index in [9.17, 15) is 43.5 Å². The summed E-state index contributed by atoms with van der Waals surface area (Å²) < 4.78 is 61.5. The smallest absolute Gasteiger partial charge is 0.463 e. The zero-order valence-electron chi connectivity index (χ0n) is 73.3. The van der Waals surface area contributed by atoms with Gasteiger partial charge in [-0.2, -0.15) is 0 Å². The van der Waals surface area contributed by atoms with E-state index >= 15 is 0 Å². The van der Waals surface area contributed by atoms with Crippen molar-refractivity contribution in [2.45, 2.75) is 373 Å². The lowest BCUT2D eigenvalue weighted by molar-refractivity contribution is -0.161. The molecule has 0 aromatic rings. The Morgan fingerprint density at radius 1 is 0.239 bits per heavy atom. The molecule has 666 valence electrons. The van der Waals surface area contributed by atoms with Crippen molar-refractivity contribution in [2.24, 2.45) is 0 Å². The molecule has 0 bridgehead atoms. The number of ether oxygens (including phenoxy) is 3. The van der Waals surface area contributed by atoms with Gasteiger partial charge >= 0.3 is 33.6 Å². The van der Waals surface area contributed by atoms with Crippen LogP contribution in [0.3, 0.4) is 0 Å². The molecule has 0 heterocycles. The second-order valence-electron chi connectivity index (χ2n) is 30.0.